The van der Waals surface area contributed by atoms with Gasteiger partial charge in [0, 0.05) is 11.8 Å². The van der Waals surface area contributed by atoms with Crippen LogP contribution >= 0.6 is 11.8 Å². The second-order valence-electron chi connectivity index (χ2n) is 1.47. The molecule has 0 radical (unpaired) electrons. The molecule has 0 aliphatic heterocycles. The van der Waals surface area contributed by atoms with Crippen LogP contribution in [0.5, 0.6) is 0 Å². The number of rotatable bonds is 2. The Bertz CT molecular complexity index is 86.1. The van der Waals surface area contributed by atoms with E-state index < -0.39 is 6.04 Å². The third-order valence-electron chi connectivity index (χ3n) is 0.870. The molecule has 0 saturated carbocycles. The Hall–Kier alpha value is -0.280. The minimum absolute atomic E-state index is 0.325. The van der Waals surface area contributed by atoms with Gasteiger partial charge in [-0.25, -0.2) is 0 Å². The number of amides is 1. The summed E-state index contributed by atoms with van der Waals surface area (Å²) in [5, 5.41) is 0. The van der Waals surface area contributed by atoms with Gasteiger partial charge in [0.25, 0.3) is 5.91 Å². The van der Waals surface area contributed by atoms with Gasteiger partial charge in [-0.15, -0.1) is 0 Å². The molecule has 0 spiro atoms. The maximum absolute atomic E-state index is 10.4. The van der Waals surface area contributed by atoms with Crippen LogP contribution in [0.25, 0.3) is 0 Å². The monoisotopic (exact) mass is 136 g/mol. The minimum atomic E-state index is -0.465. The molecule has 0 aliphatic rings. The summed E-state index contributed by atoms with van der Waals surface area (Å²) >= 11 is 4.95. The summed E-state index contributed by atoms with van der Waals surface area (Å²) in [6.07, 6.45) is 0.610. The zero-order chi connectivity index (χ0) is 6.57. The van der Waals surface area contributed by atoms with Gasteiger partial charge < -0.3 is 5.73 Å². The normalized spacial score (nSPS) is 12.9. The molecule has 1 amide bonds. The Morgan fingerprint density at radius 2 is 2.50 bits per heavy atom. The Labute approximate surface area is 53.3 Å². The first-order valence-electron chi connectivity index (χ1n) is 2.38. The topological polar surface area (TPSA) is 55.1 Å². The summed E-state index contributed by atoms with van der Waals surface area (Å²) in [5.74, 6) is -0.325. The molecule has 3 nitrogen and oxygen atoms in total. The van der Waals surface area contributed by atoms with Crippen molar-refractivity contribution in [1.82, 2.24) is 4.84 Å². The van der Waals surface area contributed by atoms with E-state index in [1.807, 2.05) is 11.8 Å². The molecule has 0 fully saturated rings. The lowest BCUT2D eigenvalue weighted by Gasteiger charge is -2.02. The first kappa shape index (κ1) is 7.72. The number of nitrogens with two attached hydrogens (primary N) is 1. The van der Waals surface area contributed by atoms with Gasteiger partial charge in [0.1, 0.15) is 0 Å². The number of halogens is 1. The van der Waals surface area contributed by atoms with Crippen LogP contribution in [0.4, 0.5) is 0 Å². The highest BCUT2D eigenvalue weighted by molar-refractivity contribution is 6.22. The zero-order valence-electron chi connectivity index (χ0n) is 4.65. The molecule has 0 heterocycles. The highest BCUT2D eigenvalue weighted by Gasteiger charge is 2.07. The first-order chi connectivity index (χ1) is 3.72. The zero-order valence-corrected chi connectivity index (χ0v) is 5.40. The molecular weight excluding hydrogens is 128 g/mol. The fourth-order valence-electron chi connectivity index (χ4n) is 0.255. The number of nitrogens with one attached hydrogen (secondary N) is 1. The van der Waals surface area contributed by atoms with Crippen molar-refractivity contribution in [2.24, 2.45) is 5.73 Å². The van der Waals surface area contributed by atoms with Crippen molar-refractivity contribution in [3.8, 4) is 0 Å². The van der Waals surface area contributed by atoms with E-state index in [4.69, 9.17) is 17.5 Å². The summed E-state index contributed by atoms with van der Waals surface area (Å²) in [5.41, 5.74) is 5.23. The molecule has 48 valence electrons. The van der Waals surface area contributed by atoms with Crippen LogP contribution in [0.15, 0.2) is 0 Å². The lowest BCUT2D eigenvalue weighted by atomic mass is 10.2. The van der Waals surface area contributed by atoms with Crippen LogP contribution < -0.4 is 10.6 Å². The van der Waals surface area contributed by atoms with Gasteiger partial charge in [0.15, 0.2) is 0 Å². The largest absolute Gasteiger partial charge is 0.320 e. The lowest BCUT2D eigenvalue weighted by Crippen LogP contribution is -2.35. The second kappa shape index (κ2) is 3.69. The molecular formula is C4H9ClN2O. The van der Waals surface area contributed by atoms with E-state index in [-0.39, 0.29) is 5.91 Å². The van der Waals surface area contributed by atoms with Crippen molar-refractivity contribution in [3.63, 3.8) is 0 Å². The van der Waals surface area contributed by atoms with Crippen LogP contribution in [0, 0.1) is 0 Å². The molecule has 0 aliphatic carbocycles. The number of hydrogen-bond donors (Lipinski definition) is 2. The van der Waals surface area contributed by atoms with E-state index in [1.165, 1.54) is 0 Å². The van der Waals surface area contributed by atoms with Crippen molar-refractivity contribution in [2.45, 2.75) is 19.4 Å². The average molecular weight is 137 g/mol. The Kier molecular flexibility index (Phi) is 3.56. The molecule has 4 heteroatoms. The molecule has 0 saturated heterocycles. The van der Waals surface area contributed by atoms with E-state index >= 15 is 0 Å². The number of hydrogen-bond acceptors (Lipinski definition) is 2. The molecule has 0 aromatic heterocycles. The van der Waals surface area contributed by atoms with Gasteiger partial charge in [-0.05, 0) is 6.42 Å². The predicted octanol–water partition coefficient (Wildman–Crippen LogP) is -0.00630. The van der Waals surface area contributed by atoms with Crippen molar-refractivity contribution in [3.05, 3.63) is 0 Å². The molecule has 8 heavy (non-hydrogen) atoms. The van der Waals surface area contributed by atoms with E-state index in [0.717, 1.165) is 0 Å². The lowest BCUT2D eigenvalue weighted by molar-refractivity contribution is -0.120. The van der Waals surface area contributed by atoms with Gasteiger partial charge in [0.05, 0.1) is 6.04 Å². The Morgan fingerprint density at radius 3 is 2.62 bits per heavy atom. The second-order valence-corrected chi connectivity index (χ2v) is 1.66. The smallest absolute Gasteiger partial charge is 0.251 e. The van der Waals surface area contributed by atoms with Crippen molar-refractivity contribution in [1.29, 1.82) is 0 Å². The van der Waals surface area contributed by atoms with E-state index in [9.17, 15) is 4.79 Å². The highest BCUT2D eigenvalue weighted by atomic mass is 35.5. The number of carbonyl (C=O) groups excluding carboxylic acids is 1. The number of carbonyl (C=O) groups is 1. The molecule has 1 atom stereocenters. The van der Waals surface area contributed by atoms with Crippen LogP contribution in [-0.4, -0.2) is 11.9 Å². The van der Waals surface area contributed by atoms with Crippen molar-refractivity contribution in [2.75, 3.05) is 0 Å². The van der Waals surface area contributed by atoms with Crippen LogP contribution in [-0.2, 0) is 4.79 Å². The van der Waals surface area contributed by atoms with Crippen molar-refractivity contribution < 1.29 is 4.79 Å². The van der Waals surface area contributed by atoms with E-state index in [0.29, 0.717) is 6.42 Å². The molecule has 0 aromatic rings. The third kappa shape index (κ3) is 2.14. The van der Waals surface area contributed by atoms with Gasteiger partial charge in [0.2, 0.25) is 0 Å². The molecule has 0 bridgehead atoms. The third-order valence-corrected chi connectivity index (χ3v) is 1.06. The maximum Gasteiger partial charge on any atom is 0.251 e. The molecule has 3 N–H and O–H groups in total. The molecule has 0 rings (SSSR count). The van der Waals surface area contributed by atoms with Crippen molar-refractivity contribution >= 4 is 17.7 Å². The summed E-state index contributed by atoms with van der Waals surface area (Å²) in [6, 6.07) is -0.465. The maximum atomic E-state index is 10.4. The van der Waals surface area contributed by atoms with Gasteiger partial charge in [-0.2, -0.15) is 0 Å². The highest BCUT2D eigenvalue weighted by Crippen LogP contribution is 1.84. The van der Waals surface area contributed by atoms with Crippen LogP contribution in [0.1, 0.15) is 13.3 Å². The predicted molar refractivity (Wildman–Crippen MR) is 32.3 cm³/mol. The van der Waals surface area contributed by atoms with Gasteiger partial charge in [-0.1, -0.05) is 6.92 Å². The summed E-state index contributed by atoms with van der Waals surface area (Å²) in [7, 11) is 0. The van der Waals surface area contributed by atoms with Crippen LogP contribution in [0.3, 0.4) is 0 Å². The van der Waals surface area contributed by atoms with E-state index in [1.54, 1.807) is 0 Å². The standard InChI is InChI=1S/C4H9ClN2O/c1-2-3(6)4(8)7-5/h3H,2,6H2,1H3,(H,7,8)/t3-/m0/s1. The molecule has 0 unspecified atom stereocenters. The Balaban J connectivity index is 3.46. The van der Waals surface area contributed by atoms with Crippen LogP contribution in [0.2, 0.25) is 0 Å². The fraction of sp³-hybridized carbons (Fsp3) is 0.750. The summed E-state index contributed by atoms with van der Waals surface area (Å²) in [6.45, 7) is 1.82. The quantitative estimate of drug-likeness (QED) is 0.525. The summed E-state index contributed by atoms with van der Waals surface area (Å²) in [4.78, 5) is 12.3. The average Bonchev–Trinajstić information content (AvgIpc) is 1.84. The molecule has 0 aromatic carbocycles. The van der Waals surface area contributed by atoms with Gasteiger partial charge >= 0.3 is 0 Å². The van der Waals surface area contributed by atoms with Gasteiger partial charge in [-0.3, -0.25) is 9.63 Å². The SMILES string of the molecule is CC[C@H](N)C(=O)NCl. The summed E-state index contributed by atoms with van der Waals surface area (Å²) < 4.78 is 0. The Morgan fingerprint density at radius 1 is 2.00 bits per heavy atom. The minimum Gasteiger partial charge on any atom is -0.320 e. The fourth-order valence-corrected chi connectivity index (χ4v) is 0.396. The van der Waals surface area contributed by atoms with E-state index in [2.05, 4.69) is 0 Å². The first-order valence-corrected chi connectivity index (χ1v) is 2.76.